The lowest BCUT2D eigenvalue weighted by Gasteiger charge is -2.19. The quantitative estimate of drug-likeness (QED) is 0.473. The summed E-state index contributed by atoms with van der Waals surface area (Å²) in [7, 11) is 0. The molecule has 4 aromatic rings. The number of ether oxygens (including phenoxy) is 1. The van der Waals surface area contributed by atoms with Crippen molar-refractivity contribution in [3.8, 4) is 18.1 Å². The Morgan fingerprint density at radius 3 is 2.50 bits per heavy atom. The molecule has 0 aliphatic carbocycles. The number of benzene rings is 2. The standard InChI is InChI=1S/C25H25N3O4/c1-5-12-27-14-18(15-28-23(29)26-24(30)32-28)21-13-20(10-11-22(21)27)31-16-17-6-8-19(9-7-17)25(2,3)4/h1,6-11,13-14H,12,15-16H2,2-4H3,(H,26,29,30). The van der Waals surface area contributed by atoms with Gasteiger partial charge in [0, 0.05) is 22.7 Å². The van der Waals surface area contributed by atoms with Crippen LogP contribution in [-0.2, 0) is 25.1 Å². The highest BCUT2D eigenvalue weighted by atomic mass is 16.5. The highest BCUT2D eigenvalue weighted by molar-refractivity contribution is 5.85. The summed E-state index contributed by atoms with van der Waals surface area (Å²) in [4.78, 5) is 25.3. The Morgan fingerprint density at radius 2 is 1.88 bits per heavy atom. The molecule has 0 aliphatic heterocycles. The van der Waals surface area contributed by atoms with Crippen LogP contribution in [-0.4, -0.2) is 14.3 Å². The molecular weight excluding hydrogens is 406 g/mol. The van der Waals surface area contributed by atoms with Crippen molar-refractivity contribution in [3.05, 3.63) is 86.4 Å². The van der Waals surface area contributed by atoms with Gasteiger partial charge in [0.2, 0.25) is 0 Å². The summed E-state index contributed by atoms with van der Waals surface area (Å²) >= 11 is 0. The fourth-order valence-corrected chi connectivity index (χ4v) is 3.64. The first-order chi connectivity index (χ1) is 15.2. The number of H-pyrrole nitrogens is 1. The van der Waals surface area contributed by atoms with Crippen LogP contribution in [0.15, 0.2) is 62.8 Å². The molecule has 32 heavy (non-hydrogen) atoms. The van der Waals surface area contributed by atoms with E-state index >= 15 is 0 Å². The van der Waals surface area contributed by atoms with Crippen LogP contribution in [0.25, 0.3) is 10.9 Å². The summed E-state index contributed by atoms with van der Waals surface area (Å²) in [5.41, 5.74) is 3.55. The molecule has 0 bridgehead atoms. The largest absolute Gasteiger partial charge is 0.489 e. The molecule has 0 fully saturated rings. The van der Waals surface area contributed by atoms with Crippen LogP contribution in [0.4, 0.5) is 0 Å². The van der Waals surface area contributed by atoms with E-state index in [-0.39, 0.29) is 12.0 Å². The van der Waals surface area contributed by atoms with Gasteiger partial charge >= 0.3 is 11.4 Å². The summed E-state index contributed by atoms with van der Waals surface area (Å²) in [6, 6.07) is 14.2. The molecule has 2 aromatic heterocycles. The van der Waals surface area contributed by atoms with Gasteiger partial charge in [-0.05, 0) is 34.7 Å². The van der Waals surface area contributed by atoms with Crippen LogP contribution in [0.1, 0.15) is 37.5 Å². The number of nitrogens with one attached hydrogen (secondary N) is 1. The Hall–Kier alpha value is -3.92. The van der Waals surface area contributed by atoms with Gasteiger partial charge in [-0.3, -0.25) is 0 Å². The second kappa shape index (κ2) is 8.31. The first-order valence-corrected chi connectivity index (χ1v) is 10.3. The van der Waals surface area contributed by atoms with E-state index in [1.807, 2.05) is 29.0 Å². The average Bonchev–Trinajstić information content (AvgIpc) is 3.25. The lowest BCUT2D eigenvalue weighted by Crippen LogP contribution is -2.17. The zero-order chi connectivity index (χ0) is 22.9. The molecule has 0 radical (unpaired) electrons. The van der Waals surface area contributed by atoms with Crippen molar-refractivity contribution in [1.82, 2.24) is 14.3 Å². The van der Waals surface area contributed by atoms with Gasteiger partial charge in [0.05, 0.1) is 13.1 Å². The summed E-state index contributed by atoms with van der Waals surface area (Å²) in [6.07, 6.45) is 7.36. The van der Waals surface area contributed by atoms with Crippen LogP contribution in [0.3, 0.4) is 0 Å². The molecule has 2 aromatic carbocycles. The normalized spacial score (nSPS) is 11.6. The third-order valence-electron chi connectivity index (χ3n) is 5.36. The zero-order valence-electron chi connectivity index (χ0n) is 18.3. The molecule has 0 atom stereocenters. The van der Waals surface area contributed by atoms with Gasteiger partial charge in [0.25, 0.3) is 0 Å². The minimum Gasteiger partial charge on any atom is -0.489 e. The van der Waals surface area contributed by atoms with E-state index in [1.54, 1.807) is 0 Å². The number of aromatic amines is 1. The van der Waals surface area contributed by atoms with Crippen LogP contribution >= 0.6 is 0 Å². The van der Waals surface area contributed by atoms with E-state index < -0.39 is 11.4 Å². The van der Waals surface area contributed by atoms with E-state index in [0.717, 1.165) is 26.8 Å². The van der Waals surface area contributed by atoms with E-state index in [4.69, 9.17) is 15.7 Å². The topological polar surface area (TPSA) is 82.2 Å². The Balaban J connectivity index is 1.60. The third-order valence-corrected chi connectivity index (χ3v) is 5.36. The molecule has 164 valence electrons. The summed E-state index contributed by atoms with van der Waals surface area (Å²) in [5, 5.41) is 0.872. The minimum atomic E-state index is -0.788. The van der Waals surface area contributed by atoms with Gasteiger partial charge in [-0.2, -0.15) is 0 Å². The fraction of sp³-hybridized carbons (Fsp3) is 0.280. The van der Waals surface area contributed by atoms with Gasteiger partial charge in [0.1, 0.15) is 12.4 Å². The zero-order valence-corrected chi connectivity index (χ0v) is 18.3. The maximum atomic E-state index is 11.9. The Kier molecular flexibility index (Phi) is 5.54. The summed E-state index contributed by atoms with van der Waals surface area (Å²) in [5.74, 6) is 2.54. The van der Waals surface area contributed by atoms with Gasteiger partial charge in [0.15, 0.2) is 0 Å². The first kappa shape index (κ1) is 21.3. The number of hydrogen-bond acceptors (Lipinski definition) is 4. The van der Waals surface area contributed by atoms with Crippen molar-refractivity contribution in [2.45, 2.75) is 45.9 Å². The van der Waals surface area contributed by atoms with Crippen molar-refractivity contribution in [1.29, 1.82) is 0 Å². The molecule has 0 aliphatic rings. The molecule has 0 unspecified atom stereocenters. The Morgan fingerprint density at radius 1 is 1.12 bits per heavy atom. The lowest BCUT2D eigenvalue weighted by atomic mass is 9.87. The molecule has 7 heteroatoms. The first-order valence-electron chi connectivity index (χ1n) is 10.3. The number of aromatic nitrogens is 3. The van der Waals surface area contributed by atoms with Crippen molar-refractivity contribution in [3.63, 3.8) is 0 Å². The van der Waals surface area contributed by atoms with Gasteiger partial charge in [-0.1, -0.05) is 51.0 Å². The van der Waals surface area contributed by atoms with Crippen LogP contribution in [0, 0.1) is 12.3 Å². The monoisotopic (exact) mass is 431 g/mol. The minimum absolute atomic E-state index is 0.101. The maximum absolute atomic E-state index is 11.9. The van der Waals surface area contributed by atoms with Crippen molar-refractivity contribution < 1.29 is 9.26 Å². The van der Waals surface area contributed by atoms with Gasteiger partial charge in [-0.25, -0.2) is 14.6 Å². The molecule has 7 nitrogen and oxygen atoms in total. The van der Waals surface area contributed by atoms with E-state index in [2.05, 4.69) is 55.9 Å². The maximum Gasteiger partial charge on any atom is 0.440 e. The molecular formula is C25H25N3O4. The second-order valence-corrected chi connectivity index (χ2v) is 8.75. The smallest absolute Gasteiger partial charge is 0.440 e. The molecule has 0 spiro atoms. The van der Waals surface area contributed by atoms with Crippen LogP contribution < -0.4 is 16.2 Å². The second-order valence-electron chi connectivity index (χ2n) is 8.75. The highest BCUT2D eigenvalue weighted by Gasteiger charge is 2.14. The number of hydrogen-bond donors (Lipinski definition) is 1. The third kappa shape index (κ3) is 4.40. The predicted octanol–water partition coefficient (Wildman–Crippen LogP) is 3.64. The number of nitrogens with zero attached hydrogens (tertiary/aromatic N) is 2. The molecule has 0 amide bonds. The lowest BCUT2D eigenvalue weighted by molar-refractivity contribution is 0.258. The average molecular weight is 431 g/mol. The molecule has 0 saturated heterocycles. The van der Waals surface area contributed by atoms with E-state index in [1.165, 1.54) is 5.56 Å². The number of terminal acetylenes is 1. The number of rotatable bonds is 6. The van der Waals surface area contributed by atoms with E-state index in [9.17, 15) is 9.59 Å². The molecule has 0 saturated carbocycles. The highest BCUT2D eigenvalue weighted by Crippen LogP contribution is 2.28. The van der Waals surface area contributed by atoms with Crippen molar-refractivity contribution >= 4 is 10.9 Å². The molecule has 2 heterocycles. The summed E-state index contributed by atoms with van der Waals surface area (Å²) in [6.45, 7) is 7.47. The fourth-order valence-electron chi connectivity index (χ4n) is 3.64. The Bertz CT molecular complexity index is 1400. The van der Waals surface area contributed by atoms with Crippen molar-refractivity contribution in [2.24, 2.45) is 0 Å². The number of fused-ring (bicyclic) bond motifs is 1. The van der Waals surface area contributed by atoms with Crippen LogP contribution in [0.5, 0.6) is 5.75 Å². The summed E-state index contributed by atoms with van der Waals surface area (Å²) < 4.78 is 13.8. The van der Waals surface area contributed by atoms with Crippen LogP contribution in [0.2, 0.25) is 0 Å². The van der Waals surface area contributed by atoms with Gasteiger partial charge in [-0.15, -0.1) is 11.2 Å². The molecule has 1 N–H and O–H groups in total. The predicted molar refractivity (Wildman–Crippen MR) is 123 cm³/mol. The van der Waals surface area contributed by atoms with E-state index in [0.29, 0.717) is 18.9 Å². The van der Waals surface area contributed by atoms with Crippen molar-refractivity contribution in [2.75, 3.05) is 0 Å². The Labute approximate surface area is 185 Å². The molecule has 4 rings (SSSR count). The SMILES string of the molecule is C#CCn1cc(Cn2oc(=O)[nH]c2=O)c2cc(OCc3ccc(C(C)(C)C)cc3)ccc21. The van der Waals surface area contributed by atoms with Gasteiger partial charge < -0.3 is 13.8 Å².